The Labute approximate surface area is 120 Å². The third-order valence-corrected chi connectivity index (χ3v) is 3.88. The average Bonchev–Trinajstić information content (AvgIpc) is 2.28. The zero-order valence-corrected chi connectivity index (χ0v) is 14.0. The van der Waals surface area contributed by atoms with E-state index in [9.17, 15) is 4.39 Å². The smallest absolute Gasteiger partial charge is 0.200 e. The molecule has 0 bridgehead atoms. The Morgan fingerprint density at radius 1 is 0.947 bits per heavy atom. The summed E-state index contributed by atoms with van der Waals surface area (Å²) >= 11 is 0. The van der Waals surface area contributed by atoms with Gasteiger partial charge in [0.1, 0.15) is 0 Å². The van der Waals surface area contributed by atoms with Crippen molar-refractivity contribution in [2.24, 2.45) is 0 Å². The molecule has 3 heteroatoms. The lowest BCUT2D eigenvalue weighted by molar-refractivity contribution is -0.0859. The minimum atomic E-state index is -1.84. The van der Waals surface area contributed by atoms with Gasteiger partial charge in [-0.1, -0.05) is 12.2 Å². The summed E-state index contributed by atoms with van der Waals surface area (Å²) in [4.78, 5) is 0. The number of hydrogen-bond donors (Lipinski definition) is 0. The van der Waals surface area contributed by atoms with Gasteiger partial charge in [0.2, 0.25) is 0 Å². The predicted molar refractivity (Wildman–Crippen MR) is 85.6 cm³/mol. The number of rotatable bonds is 12. The molecule has 1 nitrogen and oxygen atoms in total. The highest BCUT2D eigenvalue weighted by Crippen LogP contribution is 2.31. The van der Waals surface area contributed by atoms with E-state index in [1.54, 1.807) is 0 Å². The summed E-state index contributed by atoms with van der Waals surface area (Å²) in [5.41, 5.74) is 0. The van der Waals surface area contributed by atoms with Gasteiger partial charge in [0.05, 0.1) is 0 Å². The molecule has 0 fully saturated rings. The molecular weight excluding hydrogens is 255 g/mol. The molecule has 0 amide bonds. The van der Waals surface area contributed by atoms with Crippen LogP contribution in [0.1, 0.15) is 51.4 Å². The molecule has 0 atom stereocenters. The Hall–Kier alpha value is -0.413. The van der Waals surface area contributed by atoms with Crippen LogP contribution in [0.5, 0.6) is 0 Å². The van der Waals surface area contributed by atoms with Crippen molar-refractivity contribution in [1.29, 1.82) is 0 Å². The summed E-state index contributed by atoms with van der Waals surface area (Å²) in [6.45, 7) is 13.5. The summed E-state index contributed by atoms with van der Waals surface area (Å²) in [6, 6.07) is 0. The quantitative estimate of drug-likeness (QED) is 0.243. The molecule has 0 spiro atoms. The molecule has 112 valence electrons. The first-order valence-corrected chi connectivity index (χ1v) is 10.8. The lowest BCUT2D eigenvalue weighted by Gasteiger charge is -2.32. The zero-order chi connectivity index (χ0) is 14.8. The van der Waals surface area contributed by atoms with E-state index in [0.29, 0.717) is 12.8 Å². The van der Waals surface area contributed by atoms with Gasteiger partial charge < -0.3 is 4.43 Å². The number of allylic oxidation sites excluding steroid dienone is 2. The van der Waals surface area contributed by atoms with Gasteiger partial charge in [0.25, 0.3) is 0 Å². The standard InChI is InChI=1S/C16H31FOSi/c1-6-8-10-12-14-16(17,18-19(3,4)5)15-13-11-9-7-2/h6-7H,1-2,8-15H2,3-5H3. The van der Waals surface area contributed by atoms with E-state index in [0.717, 1.165) is 38.5 Å². The second-order valence-corrected chi connectivity index (χ2v) is 10.6. The van der Waals surface area contributed by atoms with Crippen LogP contribution in [0.25, 0.3) is 0 Å². The Morgan fingerprint density at radius 3 is 1.68 bits per heavy atom. The van der Waals surface area contributed by atoms with Crippen LogP contribution >= 0.6 is 0 Å². The maximum atomic E-state index is 14.9. The van der Waals surface area contributed by atoms with Crippen molar-refractivity contribution >= 4 is 8.32 Å². The molecule has 0 aliphatic rings. The fourth-order valence-electron chi connectivity index (χ4n) is 2.13. The molecule has 0 rings (SSSR count). The van der Waals surface area contributed by atoms with Crippen molar-refractivity contribution in [3.8, 4) is 0 Å². The second kappa shape index (κ2) is 9.48. The van der Waals surface area contributed by atoms with Gasteiger partial charge in [-0.05, 0) is 58.2 Å². The second-order valence-electron chi connectivity index (χ2n) is 6.17. The summed E-state index contributed by atoms with van der Waals surface area (Å²) in [7, 11) is -1.84. The van der Waals surface area contributed by atoms with Crippen molar-refractivity contribution in [2.45, 2.75) is 76.9 Å². The summed E-state index contributed by atoms with van der Waals surface area (Å²) < 4.78 is 20.7. The first-order valence-electron chi connectivity index (χ1n) is 7.44. The molecule has 0 aromatic heterocycles. The van der Waals surface area contributed by atoms with E-state index in [2.05, 4.69) is 32.8 Å². The number of unbranched alkanes of at least 4 members (excludes halogenated alkanes) is 4. The van der Waals surface area contributed by atoms with Crippen molar-refractivity contribution in [3.05, 3.63) is 25.3 Å². The van der Waals surface area contributed by atoms with Crippen molar-refractivity contribution in [2.75, 3.05) is 0 Å². The first kappa shape index (κ1) is 18.6. The van der Waals surface area contributed by atoms with Crippen LogP contribution in [-0.4, -0.2) is 14.2 Å². The fraction of sp³-hybridized carbons (Fsp3) is 0.750. The molecule has 0 heterocycles. The Morgan fingerprint density at radius 2 is 1.37 bits per heavy atom. The molecule has 0 aliphatic carbocycles. The van der Waals surface area contributed by atoms with Crippen LogP contribution in [0, 0.1) is 0 Å². The molecule has 0 N–H and O–H groups in total. The van der Waals surface area contributed by atoms with Crippen molar-refractivity contribution in [1.82, 2.24) is 0 Å². The Kier molecular flexibility index (Phi) is 9.28. The number of hydrogen-bond acceptors (Lipinski definition) is 1. The maximum Gasteiger partial charge on any atom is 0.200 e. The van der Waals surface area contributed by atoms with Gasteiger partial charge in [-0.3, -0.25) is 0 Å². The highest BCUT2D eigenvalue weighted by molar-refractivity contribution is 6.69. The highest BCUT2D eigenvalue weighted by Gasteiger charge is 2.34. The normalized spacial score (nSPS) is 12.4. The SMILES string of the molecule is C=CCCCCC(F)(CCCCC=C)O[Si](C)(C)C. The van der Waals surface area contributed by atoms with Gasteiger partial charge in [0, 0.05) is 12.8 Å². The molecule has 0 aromatic rings. The molecule has 0 aliphatic heterocycles. The fourth-order valence-corrected chi connectivity index (χ4v) is 3.43. The third-order valence-electron chi connectivity index (χ3n) is 2.91. The molecule has 0 unspecified atom stereocenters. The van der Waals surface area contributed by atoms with Crippen molar-refractivity contribution < 1.29 is 8.82 Å². The van der Waals surface area contributed by atoms with E-state index in [4.69, 9.17) is 4.43 Å². The minimum absolute atomic E-state index is 0.513. The van der Waals surface area contributed by atoms with E-state index >= 15 is 0 Å². The first-order chi connectivity index (χ1) is 8.83. The molecule has 0 radical (unpaired) electrons. The number of alkyl halides is 1. The van der Waals surface area contributed by atoms with E-state index < -0.39 is 14.2 Å². The maximum absolute atomic E-state index is 14.9. The predicted octanol–water partition coefficient (Wildman–Crippen LogP) is 6.00. The lowest BCUT2D eigenvalue weighted by atomic mass is 10.0. The van der Waals surface area contributed by atoms with Crippen LogP contribution in [0.15, 0.2) is 25.3 Å². The number of halogens is 1. The van der Waals surface area contributed by atoms with Crippen LogP contribution in [0.2, 0.25) is 19.6 Å². The lowest BCUT2D eigenvalue weighted by Crippen LogP contribution is -2.39. The van der Waals surface area contributed by atoms with E-state index in [-0.39, 0.29) is 0 Å². The minimum Gasteiger partial charge on any atom is -0.387 e. The molecule has 0 saturated heterocycles. The van der Waals surface area contributed by atoms with Crippen LogP contribution in [0.4, 0.5) is 4.39 Å². The van der Waals surface area contributed by atoms with Crippen LogP contribution in [-0.2, 0) is 4.43 Å². The van der Waals surface area contributed by atoms with Crippen molar-refractivity contribution in [3.63, 3.8) is 0 Å². The highest BCUT2D eigenvalue weighted by atomic mass is 28.4. The molecular formula is C16H31FOSi. The van der Waals surface area contributed by atoms with Gasteiger partial charge in [-0.2, -0.15) is 0 Å². The zero-order valence-electron chi connectivity index (χ0n) is 13.0. The van der Waals surface area contributed by atoms with Gasteiger partial charge in [-0.25, -0.2) is 4.39 Å². The average molecular weight is 287 g/mol. The monoisotopic (exact) mass is 286 g/mol. The molecule has 0 aromatic carbocycles. The molecule has 0 saturated carbocycles. The van der Waals surface area contributed by atoms with E-state index in [1.807, 2.05) is 12.2 Å². The Balaban J connectivity index is 4.26. The third kappa shape index (κ3) is 11.1. The topological polar surface area (TPSA) is 9.23 Å². The largest absolute Gasteiger partial charge is 0.387 e. The van der Waals surface area contributed by atoms with E-state index in [1.165, 1.54) is 0 Å². The summed E-state index contributed by atoms with van der Waals surface area (Å²) in [6.07, 6.45) is 10.5. The van der Waals surface area contributed by atoms with Gasteiger partial charge in [-0.15, -0.1) is 13.2 Å². The Bertz CT molecular complexity index is 242. The summed E-state index contributed by atoms with van der Waals surface area (Å²) in [5, 5.41) is 0. The summed E-state index contributed by atoms with van der Waals surface area (Å²) in [5.74, 6) is -1.42. The van der Waals surface area contributed by atoms with Crippen LogP contribution in [0.3, 0.4) is 0 Å². The van der Waals surface area contributed by atoms with Gasteiger partial charge >= 0.3 is 0 Å². The van der Waals surface area contributed by atoms with Gasteiger partial charge in [0.15, 0.2) is 14.2 Å². The van der Waals surface area contributed by atoms with Crippen LogP contribution < -0.4 is 0 Å². The molecule has 19 heavy (non-hydrogen) atoms.